The first kappa shape index (κ1) is 12.8. The lowest BCUT2D eigenvalue weighted by Gasteiger charge is -2.33. The van der Waals surface area contributed by atoms with Gasteiger partial charge < -0.3 is 5.73 Å². The molecular formula is C12H17Cl2N. The predicted octanol–water partition coefficient (Wildman–Crippen LogP) is 3.22. The van der Waals surface area contributed by atoms with E-state index in [-0.39, 0.29) is 17.8 Å². The van der Waals surface area contributed by atoms with Crippen molar-refractivity contribution < 1.29 is 0 Å². The lowest BCUT2D eigenvalue weighted by Crippen LogP contribution is -2.33. The number of benzene rings is 1. The molecule has 15 heavy (non-hydrogen) atoms. The largest absolute Gasteiger partial charge is 0.330 e. The summed E-state index contributed by atoms with van der Waals surface area (Å²) in [7, 11) is 0. The van der Waals surface area contributed by atoms with Gasteiger partial charge in [0.25, 0.3) is 0 Å². The van der Waals surface area contributed by atoms with Gasteiger partial charge in [-0.25, -0.2) is 0 Å². The molecule has 1 nitrogen and oxygen atoms in total. The molecule has 0 aliphatic heterocycles. The number of fused-ring (bicyclic) bond motifs is 1. The third kappa shape index (κ3) is 2.66. The van der Waals surface area contributed by atoms with Crippen molar-refractivity contribution in [3.8, 4) is 0 Å². The van der Waals surface area contributed by atoms with Gasteiger partial charge in [-0.15, -0.1) is 12.4 Å². The Labute approximate surface area is 102 Å². The molecule has 0 amide bonds. The smallest absolute Gasteiger partial charge is 0.0408 e. The number of hydrogen-bond donors (Lipinski definition) is 1. The monoisotopic (exact) mass is 245 g/mol. The van der Waals surface area contributed by atoms with Crippen molar-refractivity contribution >= 4 is 24.0 Å². The summed E-state index contributed by atoms with van der Waals surface area (Å²) < 4.78 is 0. The third-order valence-corrected chi connectivity index (χ3v) is 3.51. The number of rotatable bonds is 1. The molecule has 0 heterocycles. The van der Waals surface area contributed by atoms with Gasteiger partial charge in [0.1, 0.15) is 0 Å². The lowest BCUT2D eigenvalue weighted by atomic mass is 9.73. The van der Waals surface area contributed by atoms with Gasteiger partial charge in [0, 0.05) is 5.02 Å². The topological polar surface area (TPSA) is 26.0 Å². The van der Waals surface area contributed by atoms with Crippen LogP contribution in [0.25, 0.3) is 0 Å². The highest BCUT2D eigenvalue weighted by molar-refractivity contribution is 6.30. The summed E-state index contributed by atoms with van der Waals surface area (Å²) in [6.45, 7) is 3.02. The summed E-state index contributed by atoms with van der Waals surface area (Å²) in [5.74, 6) is 0. The average molecular weight is 246 g/mol. The van der Waals surface area contributed by atoms with E-state index in [4.69, 9.17) is 17.3 Å². The van der Waals surface area contributed by atoms with Gasteiger partial charge in [-0.1, -0.05) is 24.6 Å². The quantitative estimate of drug-likeness (QED) is 0.808. The second kappa shape index (κ2) is 4.73. The molecule has 0 radical (unpaired) electrons. The van der Waals surface area contributed by atoms with Crippen molar-refractivity contribution in [2.24, 2.45) is 11.1 Å². The standard InChI is InChI=1S/C12H16ClN.ClH/c1-12(8-14)5-4-9-2-3-11(13)6-10(9)7-12;/h2-3,6H,4-5,7-8,14H2,1H3;1H. The van der Waals surface area contributed by atoms with Gasteiger partial charge in [-0.3, -0.25) is 0 Å². The molecule has 0 spiro atoms. The molecular weight excluding hydrogens is 229 g/mol. The second-order valence-corrected chi connectivity index (χ2v) is 5.04. The molecule has 1 aliphatic carbocycles. The van der Waals surface area contributed by atoms with Gasteiger partial charge >= 0.3 is 0 Å². The van der Waals surface area contributed by atoms with Gasteiger partial charge in [-0.2, -0.15) is 0 Å². The Morgan fingerprint density at radius 2 is 2.13 bits per heavy atom. The van der Waals surface area contributed by atoms with Crippen LogP contribution in [0.5, 0.6) is 0 Å². The van der Waals surface area contributed by atoms with Crippen molar-refractivity contribution in [1.29, 1.82) is 0 Å². The molecule has 1 atom stereocenters. The Hall–Kier alpha value is -0.240. The summed E-state index contributed by atoms with van der Waals surface area (Å²) >= 11 is 5.98. The van der Waals surface area contributed by atoms with Crippen LogP contribution in [-0.4, -0.2) is 6.54 Å². The van der Waals surface area contributed by atoms with E-state index in [1.165, 1.54) is 17.5 Å². The Bertz CT molecular complexity index is 351. The normalized spacial score (nSPS) is 24.2. The van der Waals surface area contributed by atoms with Crippen LogP contribution in [0.2, 0.25) is 5.02 Å². The second-order valence-electron chi connectivity index (χ2n) is 4.60. The van der Waals surface area contributed by atoms with Crippen molar-refractivity contribution in [3.63, 3.8) is 0 Å². The zero-order chi connectivity index (χ0) is 10.2. The Morgan fingerprint density at radius 1 is 1.40 bits per heavy atom. The predicted molar refractivity (Wildman–Crippen MR) is 67.9 cm³/mol. The SMILES string of the molecule is CC1(CN)CCc2ccc(Cl)cc2C1.Cl. The van der Waals surface area contributed by atoms with E-state index in [2.05, 4.69) is 19.1 Å². The lowest BCUT2D eigenvalue weighted by molar-refractivity contribution is 0.290. The third-order valence-electron chi connectivity index (χ3n) is 3.28. The molecule has 84 valence electrons. The molecule has 0 aromatic heterocycles. The highest BCUT2D eigenvalue weighted by Gasteiger charge is 2.28. The fraction of sp³-hybridized carbons (Fsp3) is 0.500. The van der Waals surface area contributed by atoms with E-state index < -0.39 is 0 Å². The first-order valence-corrected chi connectivity index (χ1v) is 5.48. The van der Waals surface area contributed by atoms with Crippen molar-refractivity contribution in [2.75, 3.05) is 6.54 Å². The molecule has 0 saturated carbocycles. The minimum absolute atomic E-state index is 0. The van der Waals surface area contributed by atoms with Gasteiger partial charge in [0.15, 0.2) is 0 Å². The van der Waals surface area contributed by atoms with Gasteiger partial charge in [-0.05, 0) is 54.5 Å². The Kier molecular flexibility index (Phi) is 4.05. The van der Waals surface area contributed by atoms with Crippen LogP contribution in [0, 0.1) is 5.41 Å². The fourth-order valence-corrected chi connectivity index (χ4v) is 2.36. The zero-order valence-corrected chi connectivity index (χ0v) is 10.5. The Balaban J connectivity index is 0.00000112. The van der Waals surface area contributed by atoms with Crippen LogP contribution in [0.4, 0.5) is 0 Å². The maximum atomic E-state index is 5.98. The highest BCUT2D eigenvalue weighted by atomic mass is 35.5. The van der Waals surface area contributed by atoms with Crippen LogP contribution in [0.1, 0.15) is 24.5 Å². The molecule has 2 rings (SSSR count). The van der Waals surface area contributed by atoms with Crippen LogP contribution in [0.3, 0.4) is 0 Å². The maximum absolute atomic E-state index is 5.98. The summed E-state index contributed by atoms with van der Waals surface area (Å²) in [5.41, 5.74) is 8.91. The van der Waals surface area contributed by atoms with Crippen molar-refractivity contribution in [2.45, 2.75) is 26.2 Å². The van der Waals surface area contributed by atoms with E-state index in [0.717, 1.165) is 24.4 Å². The average Bonchev–Trinajstić information content (AvgIpc) is 2.17. The van der Waals surface area contributed by atoms with E-state index >= 15 is 0 Å². The van der Waals surface area contributed by atoms with Crippen LogP contribution >= 0.6 is 24.0 Å². The fourth-order valence-electron chi connectivity index (χ4n) is 2.16. The van der Waals surface area contributed by atoms with E-state index in [1.54, 1.807) is 0 Å². The van der Waals surface area contributed by atoms with Crippen LogP contribution < -0.4 is 5.73 Å². The summed E-state index contributed by atoms with van der Waals surface area (Å²) in [4.78, 5) is 0. The van der Waals surface area contributed by atoms with Crippen molar-refractivity contribution in [1.82, 2.24) is 0 Å². The van der Waals surface area contributed by atoms with E-state index in [1.807, 2.05) is 6.07 Å². The number of aryl methyl sites for hydroxylation is 1. The van der Waals surface area contributed by atoms with Gasteiger partial charge in [0.05, 0.1) is 0 Å². The molecule has 2 N–H and O–H groups in total. The molecule has 0 fully saturated rings. The number of nitrogens with two attached hydrogens (primary N) is 1. The highest BCUT2D eigenvalue weighted by Crippen LogP contribution is 2.35. The molecule has 1 unspecified atom stereocenters. The minimum Gasteiger partial charge on any atom is -0.330 e. The zero-order valence-electron chi connectivity index (χ0n) is 8.92. The van der Waals surface area contributed by atoms with Crippen molar-refractivity contribution in [3.05, 3.63) is 34.3 Å². The number of halogens is 2. The maximum Gasteiger partial charge on any atom is 0.0408 e. The van der Waals surface area contributed by atoms with Crippen LogP contribution in [-0.2, 0) is 12.8 Å². The molecule has 3 heteroatoms. The van der Waals surface area contributed by atoms with Gasteiger partial charge in [0.2, 0.25) is 0 Å². The minimum atomic E-state index is 0. The Morgan fingerprint density at radius 3 is 2.80 bits per heavy atom. The van der Waals surface area contributed by atoms with E-state index in [9.17, 15) is 0 Å². The summed E-state index contributed by atoms with van der Waals surface area (Å²) in [6, 6.07) is 6.21. The summed E-state index contributed by atoms with van der Waals surface area (Å²) in [6.07, 6.45) is 3.40. The number of hydrogen-bond acceptors (Lipinski definition) is 1. The first-order valence-electron chi connectivity index (χ1n) is 5.10. The van der Waals surface area contributed by atoms with Crippen LogP contribution in [0.15, 0.2) is 18.2 Å². The first-order chi connectivity index (χ1) is 6.63. The molecule has 1 aromatic rings. The molecule has 0 saturated heterocycles. The molecule has 0 bridgehead atoms. The summed E-state index contributed by atoms with van der Waals surface area (Å²) in [5, 5.41) is 0.838. The molecule has 1 aliphatic rings. The van der Waals surface area contributed by atoms with E-state index in [0.29, 0.717) is 0 Å². The molecule has 1 aromatic carbocycles.